The van der Waals surface area contributed by atoms with Gasteiger partial charge in [0.15, 0.2) is 0 Å². The van der Waals surface area contributed by atoms with Gasteiger partial charge in [-0.25, -0.2) is 0 Å². The smallest absolute Gasteiger partial charge is 0.0661 e. The third kappa shape index (κ3) is 1.85. The molecular weight excluding hydrogens is 126 g/mol. The monoisotopic (exact) mass is 135 g/mol. The van der Waals surface area contributed by atoms with Gasteiger partial charge < -0.3 is 0 Å². The van der Waals surface area contributed by atoms with E-state index >= 15 is 0 Å². The van der Waals surface area contributed by atoms with Gasteiger partial charge in [-0.05, 0) is 6.08 Å². The summed E-state index contributed by atoms with van der Waals surface area (Å²) < 4.78 is 0. The summed E-state index contributed by atoms with van der Waals surface area (Å²) in [4.78, 5) is 0. The molecule has 0 aliphatic heterocycles. The van der Waals surface area contributed by atoms with Crippen molar-refractivity contribution in [1.29, 1.82) is 0 Å². The summed E-state index contributed by atoms with van der Waals surface area (Å²) in [6, 6.07) is 0. The maximum absolute atomic E-state index is 3.90. The van der Waals surface area contributed by atoms with Crippen LogP contribution in [0.4, 0.5) is 0 Å². The molecule has 0 spiro atoms. The number of hydrogen-bond acceptors (Lipinski definition) is 3. The Labute approximate surface area is 59.8 Å². The first-order valence-corrected chi connectivity index (χ1v) is 3.04. The Balaban J connectivity index is 2.49. The van der Waals surface area contributed by atoms with E-state index in [1.807, 2.05) is 24.3 Å². The average molecular weight is 135 g/mol. The summed E-state index contributed by atoms with van der Waals surface area (Å²) in [5.41, 5.74) is 3.40. The number of rotatable bonds is 2. The highest BCUT2D eigenvalue weighted by atomic mass is 15.5. The molecule has 1 rings (SSSR count). The lowest BCUT2D eigenvalue weighted by atomic mass is 10.2. The van der Waals surface area contributed by atoms with E-state index in [1.165, 1.54) is 0 Å². The van der Waals surface area contributed by atoms with Gasteiger partial charge in [-0.15, -0.1) is 0 Å². The third-order valence-corrected chi connectivity index (χ3v) is 1.13. The van der Waals surface area contributed by atoms with Crippen LogP contribution in [0.15, 0.2) is 34.5 Å². The SMILES string of the molecule is C=NN/N=C1/C=CC=CC1. The Kier molecular flexibility index (Phi) is 2.43. The Hall–Kier alpha value is -1.38. The van der Waals surface area contributed by atoms with E-state index in [1.54, 1.807) is 0 Å². The molecule has 0 bridgehead atoms. The number of nitrogens with one attached hydrogen (secondary N) is 1. The topological polar surface area (TPSA) is 36.8 Å². The highest BCUT2D eigenvalue weighted by Crippen LogP contribution is 1.97. The van der Waals surface area contributed by atoms with Crippen molar-refractivity contribution in [2.45, 2.75) is 6.42 Å². The predicted octanol–water partition coefficient (Wildman–Crippen LogP) is 1.06. The molecule has 1 aliphatic rings. The average Bonchev–Trinajstić information content (AvgIpc) is 2.03. The van der Waals surface area contributed by atoms with Crippen LogP contribution in [0.3, 0.4) is 0 Å². The number of hydrogen-bond donors (Lipinski definition) is 1. The van der Waals surface area contributed by atoms with Crippen LogP contribution in [0.2, 0.25) is 0 Å². The van der Waals surface area contributed by atoms with Crippen LogP contribution in [0, 0.1) is 0 Å². The molecule has 0 saturated carbocycles. The van der Waals surface area contributed by atoms with Gasteiger partial charge in [0.1, 0.15) is 0 Å². The molecule has 3 heteroatoms. The molecule has 0 saturated heterocycles. The van der Waals surface area contributed by atoms with E-state index in [0.717, 1.165) is 12.1 Å². The number of hydrazone groups is 2. The minimum atomic E-state index is 0.860. The van der Waals surface area contributed by atoms with Crippen molar-refractivity contribution in [2.24, 2.45) is 10.2 Å². The van der Waals surface area contributed by atoms with Gasteiger partial charge >= 0.3 is 0 Å². The molecule has 10 heavy (non-hydrogen) atoms. The van der Waals surface area contributed by atoms with Crippen LogP contribution >= 0.6 is 0 Å². The highest BCUT2D eigenvalue weighted by Gasteiger charge is 1.92. The Morgan fingerprint density at radius 3 is 3.00 bits per heavy atom. The van der Waals surface area contributed by atoms with Crippen molar-refractivity contribution < 1.29 is 0 Å². The molecule has 0 aromatic carbocycles. The first-order chi connectivity index (χ1) is 4.93. The molecule has 52 valence electrons. The van der Waals surface area contributed by atoms with Crippen LogP contribution in [-0.2, 0) is 0 Å². The molecule has 0 heterocycles. The highest BCUT2D eigenvalue weighted by molar-refractivity contribution is 5.96. The molecule has 0 unspecified atom stereocenters. The first kappa shape index (κ1) is 6.74. The lowest BCUT2D eigenvalue weighted by molar-refractivity contribution is 0.814. The van der Waals surface area contributed by atoms with Crippen LogP contribution in [0.5, 0.6) is 0 Å². The Morgan fingerprint density at radius 1 is 1.50 bits per heavy atom. The number of nitrogens with zero attached hydrogens (tertiary/aromatic N) is 2. The quantitative estimate of drug-likeness (QED) is 0.446. The lowest BCUT2D eigenvalue weighted by Gasteiger charge is -1.98. The van der Waals surface area contributed by atoms with Gasteiger partial charge in [0.2, 0.25) is 0 Å². The summed E-state index contributed by atoms with van der Waals surface area (Å²) in [5.74, 6) is 0. The fraction of sp³-hybridized carbons (Fsp3) is 0.143. The van der Waals surface area contributed by atoms with Crippen molar-refractivity contribution in [2.75, 3.05) is 0 Å². The van der Waals surface area contributed by atoms with E-state index in [0.29, 0.717) is 0 Å². The van der Waals surface area contributed by atoms with Crippen LogP contribution in [0.25, 0.3) is 0 Å². The van der Waals surface area contributed by atoms with Crippen molar-refractivity contribution in [1.82, 2.24) is 5.53 Å². The second kappa shape index (κ2) is 3.61. The fourth-order valence-corrected chi connectivity index (χ4v) is 0.685. The van der Waals surface area contributed by atoms with Crippen LogP contribution < -0.4 is 5.53 Å². The normalized spacial score (nSPS) is 19.4. The minimum absolute atomic E-state index is 0.860. The van der Waals surface area contributed by atoms with E-state index in [2.05, 4.69) is 22.5 Å². The molecule has 0 amide bonds. The van der Waals surface area contributed by atoms with Crippen molar-refractivity contribution in [3.05, 3.63) is 24.3 Å². The number of allylic oxidation sites excluding steroid dienone is 4. The third-order valence-electron chi connectivity index (χ3n) is 1.13. The van der Waals surface area contributed by atoms with E-state index < -0.39 is 0 Å². The van der Waals surface area contributed by atoms with E-state index in [-0.39, 0.29) is 0 Å². The summed E-state index contributed by atoms with van der Waals surface area (Å²) in [5, 5.41) is 7.29. The summed E-state index contributed by atoms with van der Waals surface area (Å²) in [6.07, 6.45) is 8.74. The van der Waals surface area contributed by atoms with E-state index in [4.69, 9.17) is 0 Å². The molecule has 1 N–H and O–H groups in total. The predicted molar refractivity (Wildman–Crippen MR) is 43.0 cm³/mol. The molecule has 3 nitrogen and oxygen atoms in total. The minimum Gasteiger partial charge on any atom is -0.198 e. The largest absolute Gasteiger partial charge is 0.198 e. The van der Waals surface area contributed by atoms with Gasteiger partial charge in [-0.1, -0.05) is 18.2 Å². The van der Waals surface area contributed by atoms with Gasteiger partial charge in [0, 0.05) is 13.1 Å². The standard InChI is InChI=1S/C7H9N3/c1-8-10-9-7-5-3-2-4-6-7/h2-5,10H,1,6H2/b9-7-. The molecule has 0 radical (unpaired) electrons. The van der Waals surface area contributed by atoms with Gasteiger partial charge in [0.25, 0.3) is 0 Å². The molecule has 0 aromatic heterocycles. The lowest BCUT2D eigenvalue weighted by Crippen LogP contribution is -2.02. The zero-order chi connectivity index (χ0) is 7.23. The van der Waals surface area contributed by atoms with Crippen LogP contribution in [-0.4, -0.2) is 12.4 Å². The zero-order valence-electron chi connectivity index (χ0n) is 5.62. The Morgan fingerprint density at radius 2 is 2.40 bits per heavy atom. The Bertz CT molecular complexity index is 201. The summed E-state index contributed by atoms with van der Waals surface area (Å²) in [7, 11) is 0. The van der Waals surface area contributed by atoms with Gasteiger partial charge in [-0.3, -0.25) is 0 Å². The molecule has 1 aliphatic carbocycles. The fourth-order valence-electron chi connectivity index (χ4n) is 0.685. The summed E-state index contributed by atoms with van der Waals surface area (Å²) in [6.45, 7) is 3.23. The zero-order valence-corrected chi connectivity index (χ0v) is 5.62. The molecule has 0 aromatic rings. The second-order valence-electron chi connectivity index (χ2n) is 1.85. The maximum atomic E-state index is 3.90. The van der Waals surface area contributed by atoms with E-state index in [9.17, 15) is 0 Å². The molecule has 0 atom stereocenters. The van der Waals surface area contributed by atoms with Gasteiger partial charge in [0.05, 0.1) is 5.71 Å². The van der Waals surface area contributed by atoms with Gasteiger partial charge in [-0.2, -0.15) is 15.7 Å². The van der Waals surface area contributed by atoms with Crippen LogP contribution in [0.1, 0.15) is 6.42 Å². The van der Waals surface area contributed by atoms with Crippen molar-refractivity contribution in [3.63, 3.8) is 0 Å². The first-order valence-electron chi connectivity index (χ1n) is 3.04. The maximum Gasteiger partial charge on any atom is 0.0661 e. The molecular formula is C7H9N3. The van der Waals surface area contributed by atoms with Crippen molar-refractivity contribution >= 4 is 12.4 Å². The van der Waals surface area contributed by atoms with Crippen molar-refractivity contribution in [3.8, 4) is 0 Å². The second-order valence-corrected chi connectivity index (χ2v) is 1.85. The summed E-state index contributed by atoms with van der Waals surface area (Å²) >= 11 is 0. The molecule has 0 fully saturated rings.